The van der Waals surface area contributed by atoms with Gasteiger partial charge in [0.1, 0.15) is 17.6 Å². The van der Waals surface area contributed by atoms with Crippen LogP contribution in [0.3, 0.4) is 0 Å². The van der Waals surface area contributed by atoms with E-state index in [0.29, 0.717) is 41.7 Å². The number of benzene rings is 1. The van der Waals surface area contributed by atoms with Gasteiger partial charge in [-0.1, -0.05) is 42.5 Å². The summed E-state index contributed by atoms with van der Waals surface area (Å²) in [5.41, 5.74) is 2.57. The number of hydrogen-bond donors (Lipinski definition) is 1. The third-order valence-electron chi connectivity index (χ3n) is 6.77. The Hall–Kier alpha value is -3.27. The number of aromatic nitrogens is 3. The van der Waals surface area contributed by atoms with Crippen LogP contribution in [0.2, 0.25) is 0 Å². The van der Waals surface area contributed by atoms with E-state index in [0.717, 1.165) is 37.8 Å². The van der Waals surface area contributed by atoms with E-state index in [1.807, 2.05) is 25.1 Å². The molecule has 2 aliphatic rings. The van der Waals surface area contributed by atoms with Crippen molar-refractivity contribution < 1.29 is 9.59 Å². The van der Waals surface area contributed by atoms with Gasteiger partial charge in [-0.05, 0) is 36.8 Å². The number of fused-ring (bicyclic) bond motifs is 2. The van der Waals surface area contributed by atoms with Gasteiger partial charge in [0, 0.05) is 32.7 Å². The van der Waals surface area contributed by atoms with Gasteiger partial charge in [0.25, 0.3) is 5.56 Å². The molecule has 0 aliphatic carbocycles. The summed E-state index contributed by atoms with van der Waals surface area (Å²) < 4.78 is 1.82. The topological polar surface area (TPSA) is 100 Å². The summed E-state index contributed by atoms with van der Waals surface area (Å²) >= 11 is 1.29. The van der Waals surface area contributed by atoms with Crippen molar-refractivity contribution in [3.63, 3.8) is 0 Å². The average molecular weight is 495 g/mol. The molecule has 1 fully saturated rings. The van der Waals surface area contributed by atoms with Crippen LogP contribution in [0.25, 0.3) is 10.3 Å². The van der Waals surface area contributed by atoms with Gasteiger partial charge in [-0.3, -0.25) is 19.0 Å². The van der Waals surface area contributed by atoms with Crippen LogP contribution in [0.4, 0.5) is 5.13 Å². The fourth-order valence-electron chi connectivity index (χ4n) is 4.79. The van der Waals surface area contributed by atoms with E-state index in [-0.39, 0.29) is 29.8 Å². The molecule has 35 heavy (non-hydrogen) atoms. The molecule has 2 aliphatic heterocycles. The summed E-state index contributed by atoms with van der Waals surface area (Å²) in [5, 5.41) is 3.69. The number of piperidine rings is 1. The summed E-state index contributed by atoms with van der Waals surface area (Å²) in [6.07, 6.45) is 4.89. The minimum absolute atomic E-state index is 0.0411. The van der Waals surface area contributed by atoms with Crippen LogP contribution in [0, 0.1) is 5.92 Å². The lowest BCUT2D eigenvalue weighted by Crippen LogP contribution is -2.43. The van der Waals surface area contributed by atoms with Gasteiger partial charge in [0.15, 0.2) is 10.8 Å². The Bertz CT molecular complexity index is 1300. The maximum atomic E-state index is 13.2. The highest BCUT2D eigenvalue weighted by molar-refractivity contribution is 7.22. The van der Waals surface area contributed by atoms with Crippen LogP contribution < -0.4 is 15.8 Å². The first-order valence-corrected chi connectivity index (χ1v) is 13.1. The molecular formula is C25H30N6O3S. The van der Waals surface area contributed by atoms with E-state index in [1.165, 1.54) is 27.8 Å². The molecule has 4 heterocycles. The second kappa shape index (κ2) is 10.2. The molecule has 0 spiro atoms. The minimum atomic E-state index is -0.251. The molecule has 0 saturated carbocycles. The van der Waals surface area contributed by atoms with Gasteiger partial charge in [-0.2, -0.15) is 4.98 Å². The van der Waals surface area contributed by atoms with Crippen LogP contribution in [-0.2, 0) is 29.1 Å². The zero-order chi connectivity index (χ0) is 24.4. The Morgan fingerprint density at radius 2 is 2.03 bits per heavy atom. The largest absolute Gasteiger partial charge is 0.356 e. The highest BCUT2D eigenvalue weighted by Gasteiger charge is 2.28. The first-order chi connectivity index (χ1) is 17.0. The molecule has 5 rings (SSSR count). The minimum Gasteiger partial charge on any atom is -0.356 e. The summed E-state index contributed by atoms with van der Waals surface area (Å²) in [6.45, 7) is 5.26. The Morgan fingerprint density at radius 1 is 1.20 bits per heavy atom. The Kier molecular flexibility index (Phi) is 6.81. The lowest BCUT2D eigenvalue weighted by Gasteiger charge is -2.31. The van der Waals surface area contributed by atoms with Crippen LogP contribution in [0.5, 0.6) is 0 Å². The normalized spacial score (nSPS) is 17.9. The van der Waals surface area contributed by atoms with Crippen LogP contribution >= 0.6 is 11.3 Å². The van der Waals surface area contributed by atoms with Crippen molar-refractivity contribution in [1.29, 1.82) is 0 Å². The first-order valence-electron chi connectivity index (χ1n) is 12.3. The van der Waals surface area contributed by atoms with Crippen molar-refractivity contribution in [2.24, 2.45) is 5.92 Å². The van der Waals surface area contributed by atoms with E-state index in [9.17, 15) is 14.4 Å². The number of hydrogen-bond acceptors (Lipinski definition) is 7. The molecule has 3 aromatic rings. The van der Waals surface area contributed by atoms with Gasteiger partial charge in [-0.15, -0.1) is 0 Å². The Labute approximate surface area is 207 Å². The maximum Gasteiger partial charge on any atom is 0.273 e. The van der Waals surface area contributed by atoms with Gasteiger partial charge >= 0.3 is 0 Å². The van der Waals surface area contributed by atoms with Crippen molar-refractivity contribution in [1.82, 2.24) is 24.8 Å². The Balaban J connectivity index is 1.30. The predicted octanol–water partition coefficient (Wildman–Crippen LogP) is 2.18. The van der Waals surface area contributed by atoms with Gasteiger partial charge in [-0.25, -0.2) is 4.98 Å². The maximum absolute atomic E-state index is 13.2. The third-order valence-corrected chi connectivity index (χ3v) is 7.87. The first kappa shape index (κ1) is 23.5. The van der Waals surface area contributed by atoms with Crippen molar-refractivity contribution in [3.05, 3.63) is 52.1 Å². The molecule has 9 nitrogen and oxygen atoms in total. The van der Waals surface area contributed by atoms with E-state index in [2.05, 4.69) is 26.3 Å². The summed E-state index contributed by atoms with van der Waals surface area (Å²) in [4.78, 5) is 51.4. The second-order valence-corrected chi connectivity index (χ2v) is 10.2. The van der Waals surface area contributed by atoms with Crippen LogP contribution in [-0.4, -0.2) is 57.4 Å². The van der Waals surface area contributed by atoms with Crippen LogP contribution in [0.15, 0.2) is 35.4 Å². The fraction of sp³-hybridized carbons (Fsp3) is 0.480. The summed E-state index contributed by atoms with van der Waals surface area (Å²) in [7, 11) is 0. The van der Waals surface area contributed by atoms with Gasteiger partial charge in [0.05, 0.1) is 5.92 Å². The SMILES string of the molecule is CCCNC(=O)[C@H]1CCCN(c2nc3ncn(CC(=O)N4CCc5ccccc5C4)c(=O)c3s2)C1. The molecule has 1 saturated heterocycles. The molecule has 2 amide bonds. The smallest absolute Gasteiger partial charge is 0.273 e. The standard InChI is InChI=1S/C25H30N6O3S/c1-2-10-26-23(33)19-8-5-11-30(14-19)25-28-22-21(35-25)24(34)31(16-27-22)15-20(32)29-12-9-17-6-3-4-7-18(17)13-29/h3-4,6-7,16,19H,2,5,8-15H2,1H3,(H,26,33)/t19-/m0/s1. The van der Waals surface area contributed by atoms with Crippen molar-refractivity contribution >= 4 is 38.6 Å². The number of amides is 2. The number of carbonyl (C=O) groups excluding carboxylic acids is 2. The number of rotatable bonds is 6. The zero-order valence-electron chi connectivity index (χ0n) is 19.9. The van der Waals surface area contributed by atoms with E-state index in [4.69, 9.17) is 0 Å². The molecule has 1 N–H and O–H groups in total. The van der Waals surface area contributed by atoms with Gasteiger partial charge < -0.3 is 15.1 Å². The summed E-state index contributed by atoms with van der Waals surface area (Å²) in [5.74, 6) is -0.0966. The van der Waals surface area contributed by atoms with E-state index < -0.39 is 0 Å². The molecular weight excluding hydrogens is 464 g/mol. The Morgan fingerprint density at radius 3 is 2.86 bits per heavy atom. The van der Waals surface area contributed by atoms with Crippen molar-refractivity contribution in [2.45, 2.75) is 45.7 Å². The molecule has 184 valence electrons. The number of carbonyl (C=O) groups is 2. The van der Waals surface area contributed by atoms with Crippen molar-refractivity contribution in [2.75, 3.05) is 31.1 Å². The lowest BCUT2D eigenvalue weighted by molar-refractivity contribution is -0.132. The molecule has 1 atom stereocenters. The number of thiazole rings is 1. The molecule has 2 aromatic heterocycles. The second-order valence-electron chi connectivity index (χ2n) is 9.24. The fourth-order valence-corrected chi connectivity index (χ4v) is 5.80. The van der Waals surface area contributed by atoms with E-state index in [1.54, 1.807) is 4.90 Å². The molecule has 0 unspecified atom stereocenters. The monoisotopic (exact) mass is 494 g/mol. The molecule has 0 radical (unpaired) electrons. The lowest BCUT2D eigenvalue weighted by atomic mass is 9.97. The zero-order valence-corrected chi connectivity index (χ0v) is 20.7. The quantitative estimate of drug-likeness (QED) is 0.564. The summed E-state index contributed by atoms with van der Waals surface area (Å²) in [6, 6.07) is 8.15. The number of nitrogens with zero attached hydrogens (tertiary/aromatic N) is 5. The van der Waals surface area contributed by atoms with Gasteiger partial charge in [0.2, 0.25) is 11.8 Å². The molecule has 1 aromatic carbocycles. The number of nitrogens with one attached hydrogen (secondary N) is 1. The van der Waals surface area contributed by atoms with E-state index >= 15 is 0 Å². The average Bonchev–Trinajstić information content (AvgIpc) is 3.34. The third kappa shape index (κ3) is 4.93. The van der Waals surface area contributed by atoms with Crippen LogP contribution in [0.1, 0.15) is 37.3 Å². The molecule has 10 heteroatoms. The highest BCUT2D eigenvalue weighted by atomic mass is 32.1. The van der Waals surface area contributed by atoms with Crippen molar-refractivity contribution in [3.8, 4) is 0 Å². The molecule has 0 bridgehead atoms. The number of anilines is 1. The highest BCUT2D eigenvalue weighted by Crippen LogP contribution is 2.29. The predicted molar refractivity (Wildman–Crippen MR) is 135 cm³/mol.